The van der Waals surface area contributed by atoms with Crippen LogP contribution in [0.25, 0.3) is 22.3 Å². The number of alkyl halides is 3. The molecule has 0 N–H and O–H groups in total. The maximum atomic E-state index is 13.9. The molecule has 0 radical (unpaired) electrons. The molecule has 0 aliphatic heterocycles. The Morgan fingerprint density at radius 1 is 1.00 bits per heavy atom. The number of aromatic nitrogens is 3. The predicted octanol–water partition coefficient (Wildman–Crippen LogP) is 5.79. The molecule has 0 aliphatic carbocycles. The minimum atomic E-state index is -4.53. The zero-order valence-corrected chi connectivity index (χ0v) is 16.8. The lowest BCUT2D eigenvalue weighted by atomic mass is 10.0. The molecule has 4 nitrogen and oxygen atoms in total. The van der Waals surface area contributed by atoms with Crippen LogP contribution in [-0.2, 0) is 12.7 Å². The van der Waals surface area contributed by atoms with Crippen LogP contribution in [0.2, 0.25) is 0 Å². The Labute approximate surface area is 171 Å². The first-order chi connectivity index (χ1) is 14.3. The second-order valence-corrected chi connectivity index (χ2v) is 7.21. The van der Waals surface area contributed by atoms with Gasteiger partial charge in [0.15, 0.2) is 5.65 Å². The van der Waals surface area contributed by atoms with Crippen molar-refractivity contribution in [3.8, 4) is 17.0 Å². The fourth-order valence-electron chi connectivity index (χ4n) is 3.48. The van der Waals surface area contributed by atoms with Crippen molar-refractivity contribution in [1.29, 1.82) is 0 Å². The number of nitrogens with zero attached hydrogens (tertiary/aromatic N) is 3. The van der Waals surface area contributed by atoms with Crippen LogP contribution in [-0.4, -0.2) is 21.9 Å². The molecule has 0 aliphatic rings. The number of hydrogen-bond acceptors (Lipinski definition) is 3. The summed E-state index contributed by atoms with van der Waals surface area (Å²) in [5.74, 6) is 0.548. The van der Waals surface area contributed by atoms with Gasteiger partial charge < -0.3 is 4.74 Å². The van der Waals surface area contributed by atoms with Gasteiger partial charge in [0, 0.05) is 5.56 Å². The van der Waals surface area contributed by atoms with Gasteiger partial charge in [-0.25, -0.2) is 9.67 Å². The van der Waals surface area contributed by atoms with E-state index in [1.54, 1.807) is 31.2 Å². The van der Waals surface area contributed by atoms with Gasteiger partial charge in [0.25, 0.3) is 0 Å². The first kappa shape index (κ1) is 19.9. The number of aryl methyl sites for hydroxylation is 2. The SMILES string of the molecule is COc1cccc(-c2cc(C(F)(F)F)c3c(C)nn(Cc4ccc(C)cc4)c3n2)c1. The number of ether oxygens (including phenoxy) is 1. The van der Waals surface area contributed by atoms with Gasteiger partial charge in [-0.15, -0.1) is 0 Å². The Morgan fingerprint density at radius 2 is 1.73 bits per heavy atom. The van der Waals surface area contributed by atoms with Crippen LogP contribution in [0.3, 0.4) is 0 Å². The van der Waals surface area contributed by atoms with Crippen molar-refractivity contribution < 1.29 is 17.9 Å². The van der Waals surface area contributed by atoms with Crippen LogP contribution in [0.4, 0.5) is 13.2 Å². The molecule has 0 amide bonds. The standard InChI is InChI=1S/C23H20F3N3O/c1-14-7-9-16(10-8-14)13-29-22-21(15(2)28-29)19(23(24,25)26)12-20(27-22)17-5-4-6-18(11-17)30-3/h4-12H,13H2,1-3H3. The molecule has 0 fully saturated rings. The average Bonchev–Trinajstić information content (AvgIpc) is 3.03. The van der Waals surface area contributed by atoms with E-state index in [4.69, 9.17) is 4.74 Å². The zero-order chi connectivity index (χ0) is 21.5. The van der Waals surface area contributed by atoms with E-state index in [1.807, 2.05) is 31.2 Å². The number of benzene rings is 2. The van der Waals surface area contributed by atoms with Crippen LogP contribution in [0.1, 0.15) is 22.4 Å². The Kier molecular flexibility index (Phi) is 4.97. The van der Waals surface area contributed by atoms with Crippen LogP contribution >= 0.6 is 0 Å². The fraction of sp³-hybridized carbons (Fsp3) is 0.217. The molecule has 0 bridgehead atoms. The Balaban J connectivity index is 1.93. The predicted molar refractivity (Wildman–Crippen MR) is 110 cm³/mol. The van der Waals surface area contributed by atoms with Crippen molar-refractivity contribution in [2.24, 2.45) is 0 Å². The van der Waals surface area contributed by atoms with E-state index in [0.29, 0.717) is 23.6 Å². The van der Waals surface area contributed by atoms with Crippen LogP contribution in [0.5, 0.6) is 5.75 Å². The lowest BCUT2D eigenvalue weighted by Crippen LogP contribution is -2.08. The van der Waals surface area contributed by atoms with Crippen molar-refractivity contribution in [1.82, 2.24) is 14.8 Å². The zero-order valence-electron chi connectivity index (χ0n) is 16.8. The summed E-state index contributed by atoms with van der Waals surface area (Å²) in [6.45, 7) is 3.89. The highest BCUT2D eigenvalue weighted by Crippen LogP contribution is 2.38. The maximum absolute atomic E-state index is 13.9. The summed E-state index contributed by atoms with van der Waals surface area (Å²) in [5.41, 5.74) is 2.58. The van der Waals surface area contributed by atoms with Gasteiger partial charge in [-0.2, -0.15) is 18.3 Å². The number of hydrogen-bond donors (Lipinski definition) is 0. The first-order valence-corrected chi connectivity index (χ1v) is 9.41. The number of halogens is 3. The summed E-state index contributed by atoms with van der Waals surface area (Å²) >= 11 is 0. The summed E-state index contributed by atoms with van der Waals surface area (Å²) < 4.78 is 48.5. The largest absolute Gasteiger partial charge is 0.497 e. The lowest BCUT2D eigenvalue weighted by Gasteiger charge is -2.12. The fourth-order valence-corrected chi connectivity index (χ4v) is 3.48. The lowest BCUT2D eigenvalue weighted by molar-refractivity contribution is -0.136. The molecule has 0 saturated heterocycles. The van der Waals surface area contributed by atoms with E-state index in [1.165, 1.54) is 11.8 Å². The highest BCUT2D eigenvalue weighted by atomic mass is 19.4. The molecular weight excluding hydrogens is 391 g/mol. The molecule has 0 unspecified atom stereocenters. The average molecular weight is 411 g/mol. The Hall–Kier alpha value is -3.35. The minimum absolute atomic E-state index is 0.0289. The molecule has 2 aromatic carbocycles. The highest BCUT2D eigenvalue weighted by Gasteiger charge is 2.35. The smallest absolute Gasteiger partial charge is 0.417 e. The van der Waals surface area contributed by atoms with Gasteiger partial charge in [-0.3, -0.25) is 0 Å². The summed E-state index contributed by atoms with van der Waals surface area (Å²) in [6.07, 6.45) is -4.53. The van der Waals surface area contributed by atoms with Crippen molar-refractivity contribution in [3.63, 3.8) is 0 Å². The van der Waals surface area contributed by atoms with E-state index in [-0.39, 0.29) is 16.7 Å². The van der Waals surface area contributed by atoms with Crippen LogP contribution in [0, 0.1) is 13.8 Å². The third-order valence-electron chi connectivity index (χ3n) is 5.00. The Morgan fingerprint density at radius 3 is 2.40 bits per heavy atom. The van der Waals surface area contributed by atoms with E-state index in [2.05, 4.69) is 10.1 Å². The monoisotopic (exact) mass is 411 g/mol. The molecule has 0 spiro atoms. The number of rotatable bonds is 4. The van der Waals surface area contributed by atoms with Crippen molar-refractivity contribution in [2.75, 3.05) is 7.11 Å². The molecule has 154 valence electrons. The third-order valence-corrected chi connectivity index (χ3v) is 5.00. The third kappa shape index (κ3) is 3.75. The summed E-state index contributed by atoms with van der Waals surface area (Å²) in [5, 5.41) is 4.41. The summed E-state index contributed by atoms with van der Waals surface area (Å²) in [4.78, 5) is 4.57. The molecule has 2 aromatic heterocycles. The molecule has 4 aromatic rings. The second-order valence-electron chi connectivity index (χ2n) is 7.21. The van der Waals surface area contributed by atoms with Gasteiger partial charge in [0.1, 0.15) is 5.75 Å². The minimum Gasteiger partial charge on any atom is -0.497 e. The van der Waals surface area contributed by atoms with Gasteiger partial charge in [-0.1, -0.05) is 42.0 Å². The molecule has 0 atom stereocenters. The van der Waals surface area contributed by atoms with Crippen LogP contribution in [0.15, 0.2) is 54.6 Å². The molecule has 30 heavy (non-hydrogen) atoms. The second kappa shape index (κ2) is 7.48. The molecular formula is C23H20F3N3O. The number of pyridine rings is 1. The van der Waals surface area contributed by atoms with Gasteiger partial charge in [-0.05, 0) is 37.6 Å². The number of fused-ring (bicyclic) bond motifs is 1. The molecule has 0 saturated carbocycles. The molecule has 4 rings (SSSR count). The van der Waals surface area contributed by atoms with Crippen molar-refractivity contribution in [2.45, 2.75) is 26.6 Å². The molecule has 7 heteroatoms. The topological polar surface area (TPSA) is 39.9 Å². The van der Waals surface area contributed by atoms with Crippen molar-refractivity contribution in [3.05, 3.63) is 77.0 Å². The number of methoxy groups -OCH3 is 1. The molecule has 2 heterocycles. The van der Waals surface area contributed by atoms with E-state index in [0.717, 1.165) is 17.2 Å². The van der Waals surface area contributed by atoms with Crippen LogP contribution < -0.4 is 4.74 Å². The summed E-state index contributed by atoms with van der Waals surface area (Å²) in [6, 6.07) is 15.7. The van der Waals surface area contributed by atoms with E-state index >= 15 is 0 Å². The van der Waals surface area contributed by atoms with Gasteiger partial charge in [0.2, 0.25) is 0 Å². The van der Waals surface area contributed by atoms with Gasteiger partial charge >= 0.3 is 6.18 Å². The summed E-state index contributed by atoms with van der Waals surface area (Å²) in [7, 11) is 1.51. The van der Waals surface area contributed by atoms with E-state index < -0.39 is 11.7 Å². The highest BCUT2D eigenvalue weighted by molar-refractivity contribution is 5.86. The van der Waals surface area contributed by atoms with E-state index in [9.17, 15) is 13.2 Å². The first-order valence-electron chi connectivity index (χ1n) is 9.41. The maximum Gasteiger partial charge on any atom is 0.417 e. The van der Waals surface area contributed by atoms with Gasteiger partial charge in [0.05, 0.1) is 36.0 Å². The normalized spacial score (nSPS) is 11.8. The van der Waals surface area contributed by atoms with Crippen molar-refractivity contribution >= 4 is 11.0 Å². The quantitative estimate of drug-likeness (QED) is 0.427. The Bertz CT molecular complexity index is 1210.